The lowest BCUT2D eigenvalue weighted by atomic mass is 10.1. The maximum Gasteiger partial charge on any atom is 0.307 e. The number of rotatable bonds is 10. The Hall–Kier alpha value is -3.64. The van der Waals surface area contributed by atoms with E-state index in [0.29, 0.717) is 19.0 Å². The Morgan fingerprint density at radius 2 is 1.87 bits per heavy atom. The number of nitrogens with zero attached hydrogens (tertiary/aromatic N) is 1. The van der Waals surface area contributed by atoms with Gasteiger partial charge >= 0.3 is 5.97 Å². The van der Waals surface area contributed by atoms with Crippen molar-refractivity contribution in [2.45, 2.75) is 20.3 Å². The van der Waals surface area contributed by atoms with Gasteiger partial charge in [-0.1, -0.05) is 48.5 Å². The van der Waals surface area contributed by atoms with Crippen molar-refractivity contribution < 1.29 is 19.5 Å². The second kappa shape index (κ2) is 10.9. The molecule has 6 heteroatoms. The van der Waals surface area contributed by atoms with E-state index in [0.717, 1.165) is 33.6 Å². The molecule has 0 fully saturated rings. The molecule has 0 radical (unpaired) electrons. The van der Waals surface area contributed by atoms with Crippen molar-refractivity contribution in [3.8, 4) is 17.0 Å². The fraction of sp³-hybridized carbons (Fsp3) is 0.200. The zero-order valence-corrected chi connectivity index (χ0v) is 17.7. The summed E-state index contributed by atoms with van der Waals surface area (Å²) in [5.74, 6) is -0.196. The highest BCUT2D eigenvalue weighted by Gasteiger charge is 2.08. The standard InChI is InChI=1S/C25H26N2O4/c1-3-22(19-10-12-20(13-11-19)23-8-4-5-14-26-23)27-31-16-15-30-24-9-6-7-21(18(24)2)17-25(28)29/h3-14,27H,15-17H2,1-2H3,(H,28,29). The molecule has 0 amide bonds. The topological polar surface area (TPSA) is 80.7 Å². The van der Waals surface area contributed by atoms with Crippen LogP contribution in [0, 0.1) is 6.92 Å². The summed E-state index contributed by atoms with van der Waals surface area (Å²) in [4.78, 5) is 20.9. The van der Waals surface area contributed by atoms with Gasteiger partial charge in [0.05, 0.1) is 17.8 Å². The zero-order valence-electron chi connectivity index (χ0n) is 17.7. The van der Waals surface area contributed by atoms with Gasteiger partial charge in [0, 0.05) is 11.8 Å². The van der Waals surface area contributed by atoms with Crippen LogP contribution in [-0.4, -0.2) is 29.3 Å². The van der Waals surface area contributed by atoms with Crippen molar-refractivity contribution in [2.24, 2.45) is 0 Å². The van der Waals surface area contributed by atoms with Gasteiger partial charge in [-0.05, 0) is 48.7 Å². The minimum atomic E-state index is -0.861. The van der Waals surface area contributed by atoms with E-state index in [4.69, 9.17) is 14.7 Å². The molecule has 1 heterocycles. The van der Waals surface area contributed by atoms with E-state index in [9.17, 15) is 4.79 Å². The monoisotopic (exact) mass is 418 g/mol. The predicted octanol–water partition coefficient (Wildman–Crippen LogP) is 4.65. The van der Waals surface area contributed by atoms with Crippen molar-refractivity contribution in [3.63, 3.8) is 0 Å². The third-order valence-corrected chi connectivity index (χ3v) is 4.81. The van der Waals surface area contributed by atoms with Gasteiger partial charge in [0.25, 0.3) is 0 Å². The summed E-state index contributed by atoms with van der Waals surface area (Å²) in [5.41, 5.74) is 8.38. The van der Waals surface area contributed by atoms with Gasteiger partial charge in [0.1, 0.15) is 19.0 Å². The van der Waals surface area contributed by atoms with Gasteiger partial charge in [-0.25, -0.2) is 0 Å². The Labute approximate surface area is 182 Å². The first-order chi connectivity index (χ1) is 15.1. The summed E-state index contributed by atoms with van der Waals surface area (Å²) in [6.45, 7) is 4.46. The van der Waals surface area contributed by atoms with Gasteiger partial charge in [0.15, 0.2) is 0 Å². The number of benzene rings is 2. The third kappa shape index (κ3) is 6.17. The molecule has 6 nitrogen and oxygen atoms in total. The highest BCUT2D eigenvalue weighted by molar-refractivity contribution is 5.71. The quantitative estimate of drug-likeness (QED) is 0.369. The molecular weight excluding hydrogens is 392 g/mol. The van der Waals surface area contributed by atoms with Gasteiger partial charge < -0.3 is 9.84 Å². The van der Waals surface area contributed by atoms with Crippen molar-refractivity contribution >= 4 is 11.7 Å². The second-order valence-electron chi connectivity index (χ2n) is 6.90. The van der Waals surface area contributed by atoms with Crippen molar-refractivity contribution in [2.75, 3.05) is 13.2 Å². The summed E-state index contributed by atoms with van der Waals surface area (Å²) in [6, 6.07) is 19.4. The number of aliphatic carboxylic acids is 1. The minimum Gasteiger partial charge on any atom is -0.491 e. The molecule has 0 atom stereocenters. The number of hydroxylamine groups is 1. The van der Waals surface area contributed by atoms with E-state index in [1.54, 1.807) is 18.3 Å². The fourth-order valence-electron chi connectivity index (χ4n) is 3.13. The molecule has 0 spiro atoms. The van der Waals surface area contributed by atoms with E-state index in [2.05, 4.69) is 10.5 Å². The maximum atomic E-state index is 11.0. The lowest BCUT2D eigenvalue weighted by Gasteiger charge is -2.14. The third-order valence-electron chi connectivity index (χ3n) is 4.81. The van der Waals surface area contributed by atoms with Crippen LogP contribution in [0.4, 0.5) is 0 Å². The number of carboxylic acid groups (broad SMARTS) is 1. The van der Waals surface area contributed by atoms with Crippen LogP contribution in [0.5, 0.6) is 5.75 Å². The Kier molecular flexibility index (Phi) is 7.79. The molecule has 2 N–H and O–H groups in total. The summed E-state index contributed by atoms with van der Waals surface area (Å²) in [6.07, 6.45) is 3.70. The molecule has 0 aliphatic carbocycles. The molecule has 3 aromatic rings. The van der Waals surface area contributed by atoms with Crippen molar-refractivity contribution in [1.82, 2.24) is 10.5 Å². The first-order valence-corrected chi connectivity index (χ1v) is 10.1. The highest BCUT2D eigenvalue weighted by atomic mass is 16.7. The number of pyridine rings is 1. The average Bonchev–Trinajstić information content (AvgIpc) is 2.79. The summed E-state index contributed by atoms with van der Waals surface area (Å²) in [5, 5.41) is 8.99. The Bertz CT molecular complexity index is 1030. The molecule has 0 aliphatic rings. The number of aromatic nitrogens is 1. The van der Waals surface area contributed by atoms with E-state index < -0.39 is 5.97 Å². The van der Waals surface area contributed by atoms with Crippen LogP contribution in [0.2, 0.25) is 0 Å². The smallest absolute Gasteiger partial charge is 0.307 e. The lowest BCUT2D eigenvalue weighted by molar-refractivity contribution is -0.136. The molecule has 0 aliphatic heterocycles. The molecule has 160 valence electrons. The van der Waals surface area contributed by atoms with Crippen LogP contribution in [0.1, 0.15) is 23.6 Å². The molecule has 0 saturated heterocycles. The number of nitrogens with one attached hydrogen (secondary N) is 1. The van der Waals surface area contributed by atoms with Crippen molar-refractivity contribution in [1.29, 1.82) is 0 Å². The van der Waals surface area contributed by atoms with Crippen LogP contribution >= 0.6 is 0 Å². The fourth-order valence-corrected chi connectivity index (χ4v) is 3.13. The number of hydrogen-bond donors (Lipinski definition) is 2. The predicted molar refractivity (Wildman–Crippen MR) is 120 cm³/mol. The van der Waals surface area contributed by atoms with Crippen LogP contribution in [-0.2, 0) is 16.1 Å². The number of ether oxygens (including phenoxy) is 1. The second-order valence-corrected chi connectivity index (χ2v) is 6.90. The van der Waals surface area contributed by atoms with Crippen LogP contribution in [0.3, 0.4) is 0 Å². The number of hydrogen-bond acceptors (Lipinski definition) is 5. The number of carboxylic acids is 1. The van der Waals surface area contributed by atoms with Crippen LogP contribution in [0.25, 0.3) is 17.0 Å². The molecule has 2 aromatic carbocycles. The lowest BCUT2D eigenvalue weighted by Crippen LogP contribution is -2.18. The number of carbonyl (C=O) groups is 1. The largest absolute Gasteiger partial charge is 0.491 e. The first-order valence-electron chi connectivity index (χ1n) is 10.1. The summed E-state index contributed by atoms with van der Waals surface area (Å²) < 4.78 is 5.76. The van der Waals surface area contributed by atoms with E-state index in [1.807, 2.05) is 68.5 Å². The van der Waals surface area contributed by atoms with E-state index in [1.165, 1.54) is 0 Å². The highest BCUT2D eigenvalue weighted by Crippen LogP contribution is 2.22. The maximum absolute atomic E-state index is 11.0. The van der Waals surface area contributed by atoms with Gasteiger partial charge in [-0.15, -0.1) is 0 Å². The Balaban J connectivity index is 1.49. The molecule has 1 aromatic heterocycles. The normalized spacial score (nSPS) is 11.2. The van der Waals surface area contributed by atoms with Gasteiger partial charge in [-0.3, -0.25) is 20.1 Å². The van der Waals surface area contributed by atoms with E-state index in [-0.39, 0.29) is 6.42 Å². The van der Waals surface area contributed by atoms with E-state index >= 15 is 0 Å². The molecule has 3 rings (SSSR count). The average molecular weight is 418 g/mol. The molecule has 31 heavy (non-hydrogen) atoms. The molecule has 0 saturated carbocycles. The Morgan fingerprint density at radius 1 is 1.06 bits per heavy atom. The van der Waals surface area contributed by atoms with Crippen LogP contribution < -0.4 is 10.2 Å². The Morgan fingerprint density at radius 3 is 2.55 bits per heavy atom. The zero-order chi connectivity index (χ0) is 22.1. The number of allylic oxidation sites excluding steroid dienone is 1. The summed E-state index contributed by atoms with van der Waals surface area (Å²) >= 11 is 0. The molecular formula is C25H26N2O4. The first kappa shape index (κ1) is 22.1. The van der Waals surface area contributed by atoms with Gasteiger partial charge in [0.2, 0.25) is 0 Å². The summed E-state index contributed by atoms with van der Waals surface area (Å²) in [7, 11) is 0. The molecule has 0 bridgehead atoms. The molecule has 0 unspecified atom stereocenters. The van der Waals surface area contributed by atoms with Crippen LogP contribution in [0.15, 0.2) is 72.9 Å². The van der Waals surface area contributed by atoms with Crippen molar-refractivity contribution in [3.05, 3.63) is 89.6 Å². The van der Waals surface area contributed by atoms with Gasteiger partial charge in [-0.2, -0.15) is 0 Å². The minimum absolute atomic E-state index is 0.0229. The SMILES string of the molecule is CC=C(NOCCOc1cccc(CC(=O)O)c1C)c1ccc(-c2ccccn2)cc1.